The summed E-state index contributed by atoms with van der Waals surface area (Å²) in [6.07, 6.45) is 2.04. The molecule has 21 heavy (non-hydrogen) atoms. The van der Waals surface area contributed by atoms with Crippen LogP contribution in [0.4, 0.5) is 0 Å². The summed E-state index contributed by atoms with van der Waals surface area (Å²) in [6.45, 7) is 4.25. The molecule has 117 valence electrons. The third kappa shape index (κ3) is 6.01. The Hall–Kier alpha value is -1.79. The van der Waals surface area contributed by atoms with E-state index >= 15 is 0 Å². The van der Waals surface area contributed by atoms with Gasteiger partial charge in [0.2, 0.25) is 0 Å². The van der Waals surface area contributed by atoms with Gasteiger partial charge in [-0.25, -0.2) is 4.79 Å². The van der Waals surface area contributed by atoms with Crippen molar-refractivity contribution in [1.82, 2.24) is 0 Å². The number of carbonyl (C=O) groups is 1. The third-order valence-electron chi connectivity index (χ3n) is 2.65. The maximum absolute atomic E-state index is 11.9. The van der Waals surface area contributed by atoms with E-state index < -0.39 is 5.97 Å². The Morgan fingerprint density at radius 3 is 2.71 bits per heavy atom. The zero-order valence-electron chi connectivity index (χ0n) is 12.6. The van der Waals surface area contributed by atoms with E-state index in [1.165, 1.54) is 26.9 Å². The lowest BCUT2D eigenvalue weighted by Gasteiger charge is -2.09. The number of rotatable bonds is 10. The van der Waals surface area contributed by atoms with Crippen molar-refractivity contribution in [3.63, 3.8) is 0 Å². The number of unbranched alkanes of at least 4 members (excludes halogenated alkanes) is 1. The lowest BCUT2D eigenvalue weighted by atomic mass is 10.2. The van der Waals surface area contributed by atoms with E-state index in [-0.39, 0.29) is 12.2 Å². The lowest BCUT2D eigenvalue weighted by Crippen LogP contribution is -2.09. The first kappa shape index (κ1) is 17.3. The zero-order valence-corrected chi connectivity index (χ0v) is 12.6. The van der Waals surface area contributed by atoms with Crippen molar-refractivity contribution in [3.8, 4) is 11.5 Å². The summed E-state index contributed by atoms with van der Waals surface area (Å²) < 4.78 is 15.4. The molecule has 0 bridgehead atoms. The maximum atomic E-state index is 11.9. The van der Waals surface area contributed by atoms with E-state index in [2.05, 4.69) is 11.8 Å². The fourth-order valence-corrected chi connectivity index (χ4v) is 1.50. The number of hydrogen-bond donors (Lipinski definition) is 0. The van der Waals surface area contributed by atoms with Crippen LogP contribution >= 0.6 is 0 Å². The number of carbonyl (C=O) groups excluding carboxylic acids is 1. The highest BCUT2D eigenvalue weighted by molar-refractivity contribution is 5.92. The van der Waals surface area contributed by atoms with Gasteiger partial charge in [-0.1, -0.05) is 13.3 Å². The molecule has 0 aromatic heterocycles. The van der Waals surface area contributed by atoms with Crippen molar-refractivity contribution in [2.45, 2.75) is 19.8 Å². The number of methoxy groups -OCH3 is 2. The molecule has 0 aliphatic rings. The Morgan fingerprint density at radius 2 is 2.05 bits per heavy atom. The molecule has 0 heterocycles. The maximum Gasteiger partial charge on any atom is 0.376 e. The summed E-state index contributed by atoms with van der Waals surface area (Å²) in [6, 6.07) is 4.82. The summed E-state index contributed by atoms with van der Waals surface area (Å²) in [5, 5.41) is 0. The first-order valence-electron chi connectivity index (χ1n) is 6.72. The monoisotopic (exact) mass is 297 g/mol. The number of ether oxygens (including phenoxy) is 3. The van der Waals surface area contributed by atoms with Gasteiger partial charge in [0.05, 0.1) is 20.8 Å². The highest BCUT2D eigenvalue weighted by Gasteiger charge is 2.16. The quantitative estimate of drug-likeness (QED) is 0.376. The van der Waals surface area contributed by atoms with E-state index in [1.807, 2.05) is 0 Å². The molecule has 1 rings (SSSR count). The first-order valence-corrected chi connectivity index (χ1v) is 6.72. The van der Waals surface area contributed by atoms with Crippen LogP contribution in [0.25, 0.3) is 0 Å². The van der Waals surface area contributed by atoms with Crippen LogP contribution in [0.2, 0.25) is 0 Å². The van der Waals surface area contributed by atoms with Crippen molar-refractivity contribution in [2.75, 3.05) is 27.4 Å². The Bertz CT molecular complexity index is 432. The second-order valence-corrected chi connectivity index (χ2v) is 4.13. The average Bonchev–Trinajstić information content (AvgIpc) is 2.53. The molecule has 1 aromatic carbocycles. The van der Waals surface area contributed by atoms with Crippen LogP contribution in [-0.2, 0) is 14.5 Å². The second-order valence-electron chi connectivity index (χ2n) is 4.13. The van der Waals surface area contributed by atoms with E-state index in [9.17, 15) is 4.79 Å². The molecule has 0 saturated carbocycles. The average molecular weight is 297 g/mol. The molecule has 1 radical (unpaired) electrons. The number of hydrogen-bond acceptors (Lipinski definition) is 6. The SMILES string of the molecule is CCCCOC[CH]OOC(=O)c1cc(OC)ccc1OC. The van der Waals surface area contributed by atoms with Crippen molar-refractivity contribution in [1.29, 1.82) is 0 Å². The van der Waals surface area contributed by atoms with E-state index in [0.29, 0.717) is 18.1 Å². The summed E-state index contributed by atoms with van der Waals surface area (Å²) in [7, 11) is 2.97. The van der Waals surface area contributed by atoms with Gasteiger partial charge in [0.15, 0.2) is 6.61 Å². The fraction of sp³-hybridized carbons (Fsp3) is 0.467. The summed E-state index contributed by atoms with van der Waals surface area (Å²) in [4.78, 5) is 21.3. The molecule has 0 saturated heterocycles. The van der Waals surface area contributed by atoms with Crippen LogP contribution in [0.5, 0.6) is 11.5 Å². The van der Waals surface area contributed by atoms with Crippen molar-refractivity contribution >= 4 is 5.97 Å². The molecule has 0 atom stereocenters. The van der Waals surface area contributed by atoms with E-state index in [1.54, 1.807) is 12.1 Å². The molecule has 0 aliphatic carbocycles. The Morgan fingerprint density at radius 1 is 1.24 bits per heavy atom. The molecular weight excluding hydrogens is 276 g/mol. The van der Waals surface area contributed by atoms with Crippen LogP contribution in [0, 0.1) is 6.61 Å². The third-order valence-corrected chi connectivity index (χ3v) is 2.65. The lowest BCUT2D eigenvalue weighted by molar-refractivity contribution is -0.218. The molecule has 0 unspecified atom stereocenters. The van der Waals surface area contributed by atoms with Crippen molar-refractivity contribution in [3.05, 3.63) is 30.4 Å². The molecule has 0 fully saturated rings. The minimum absolute atomic E-state index is 0.220. The predicted molar refractivity (Wildman–Crippen MR) is 76.1 cm³/mol. The minimum atomic E-state index is -0.671. The molecule has 0 N–H and O–H groups in total. The van der Waals surface area contributed by atoms with Crippen LogP contribution in [0.3, 0.4) is 0 Å². The predicted octanol–water partition coefficient (Wildman–Crippen LogP) is 2.77. The van der Waals surface area contributed by atoms with Crippen molar-refractivity contribution in [2.24, 2.45) is 0 Å². The van der Waals surface area contributed by atoms with Gasteiger partial charge in [-0.2, -0.15) is 4.89 Å². The largest absolute Gasteiger partial charge is 0.497 e. The topological polar surface area (TPSA) is 63.2 Å². The van der Waals surface area contributed by atoms with Crippen LogP contribution in [0.1, 0.15) is 30.1 Å². The second kappa shape index (κ2) is 10.0. The molecule has 0 amide bonds. The normalized spacial score (nSPS) is 10.2. The highest BCUT2D eigenvalue weighted by atomic mass is 17.2. The van der Waals surface area contributed by atoms with Gasteiger partial charge in [-0.3, -0.25) is 4.89 Å². The first-order chi connectivity index (χ1) is 10.2. The molecule has 6 nitrogen and oxygen atoms in total. The summed E-state index contributed by atoms with van der Waals surface area (Å²) >= 11 is 0. The van der Waals surface area contributed by atoms with Crippen LogP contribution in [0.15, 0.2) is 18.2 Å². The van der Waals surface area contributed by atoms with Crippen molar-refractivity contribution < 1.29 is 28.8 Å². The summed E-state index contributed by atoms with van der Waals surface area (Å²) in [5.41, 5.74) is 0.220. The van der Waals surface area contributed by atoms with Crippen LogP contribution in [-0.4, -0.2) is 33.4 Å². The van der Waals surface area contributed by atoms with Gasteiger partial charge in [0.1, 0.15) is 17.1 Å². The van der Waals surface area contributed by atoms with Gasteiger partial charge in [0, 0.05) is 6.61 Å². The van der Waals surface area contributed by atoms with E-state index in [0.717, 1.165) is 12.8 Å². The molecule has 6 heteroatoms. The number of benzene rings is 1. The Kier molecular flexibility index (Phi) is 8.23. The fourth-order valence-electron chi connectivity index (χ4n) is 1.50. The smallest absolute Gasteiger partial charge is 0.376 e. The Balaban J connectivity index is 2.41. The highest BCUT2D eigenvalue weighted by Crippen LogP contribution is 2.24. The molecule has 1 aromatic rings. The van der Waals surface area contributed by atoms with Gasteiger partial charge < -0.3 is 14.2 Å². The van der Waals surface area contributed by atoms with Gasteiger partial charge >= 0.3 is 5.97 Å². The van der Waals surface area contributed by atoms with Gasteiger partial charge in [0.25, 0.3) is 0 Å². The van der Waals surface area contributed by atoms with Gasteiger partial charge in [-0.05, 0) is 24.6 Å². The van der Waals surface area contributed by atoms with E-state index in [4.69, 9.17) is 19.1 Å². The van der Waals surface area contributed by atoms with Gasteiger partial charge in [-0.15, -0.1) is 0 Å². The molecule has 0 spiro atoms. The minimum Gasteiger partial charge on any atom is -0.497 e. The zero-order chi connectivity index (χ0) is 15.5. The summed E-state index contributed by atoms with van der Waals surface area (Å²) in [5.74, 6) is 0.230. The van der Waals surface area contributed by atoms with Crippen LogP contribution < -0.4 is 9.47 Å². The Labute approximate surface area is 124 Å². The molecule has 0 aliphatic heterocycles. The molecular formula is C15H21O6. The standard InChI is InChI=1S/C15H21O6/c1-4-5-8-19-9-10-20-21-15(16)13-11-12(17-2)6-7-14(13)18-3/h6-7,10-11H,4-5,8-9H2,1-3H3.